The third kappa shape index (κ3) is 4.15. The number of hydrogen-bond donors (Lipinski definition) is 1. The van der Waals surface area contributed by atoms with E-state index in [0.717, 1.165) is 15.9 Å². The molecular formula is C24H18Cl2N2O3. The molecule has 0 saturated carbocycles. The second-order valence-electron chi connectivity index (χ2n) is 6.97. The van der Waals surface area contributed by atoms with E-state index >= 15 is 0 Å². The number of carboxylic acids is 1. The molecule has 3 aromatic carbocycles. The summed E-state index contributed by atoms with van der Waals surface area (Å²) in [5.74, 6) is -0.694. The van der Waals surface area contributed by atoms with Crippen LogP contribution in [0, 0.1) is 5.21 Å². The molecule has 0 aliphatic heterocycles. The second-order valence-corrected chi connectivity index (χ2v) is 7.81. The van der Waals surface area contributed by atoms with Crippen molar-refractivity contribution < 1.29 is 14.6 Å². The van der Waals surface area contributed by atoms with Gasteiger partial charge in [0, 0.05) is 16.1 Å². The van der Waals surface area contributed by atoms with Crippen LogP contribution in [0.4, 0.5) is 0 Å². The molecular weight excluding hydrogens is 435 g/mol. The van der Waals surface area contributed by atoms with Crippen molar-refractivity contribution in [2.24, 2.45) is 0 Å². The van der Waals surface area contributed by atoms with Gasteiger partial charge in [0.2, 0.25) is 0 Å². The lowest BCUT2D eigenvalue weighted by Crippen LogP contribution is -2.30. The topological polar surface area (TPSA) is 69.2 Å². The number of aliphatic carboxylic acids is 1. The first-order chi connectivity index (χ1) is 15.0. The number of rotatable bonds is 6. The Morgan fingerprint density at radius 3 is 2.13 bits per heavy atom. The number of carbonyl (C=O) groups is 1. The molecule has 0 spiro atoms. The fourth-order valence-corrected chi connectivity index (χ4v) is 4.13. The van der Waals surface area contributed by atoms with Crippen LogP contribution in [0.5, 0.6) is 0 Å². The summed E-state index contributed by atoms with van der Waals surface area (Å²) in [6.07, 6.45) is -0.152. The highest BCUT2D eigenvalue weighted by molar-refractivity contribution is 6.36. The lowest BCUT2D eigenvalue weighted by Gasteiger charge is -2.09. The van der Waals surface area contributed by atoms with Gasteiger partial charge in [-0.05, 0) is 18.2 Å². The maximum atomic E-state index is 13.7. The molecule has 1 heterocycles. The van der Waals surface area contributed by atoms with E-state index in [1.54, 1.807) is 22.8 Å². The smallest absolute Gasteiger partial charge is 0.307 e. The summed E-state index contributed by atoms with van der Waals surface area (Å²) in [6.45, 7) is 0.100. The Labute approximate surface area is 189 Å². The lowest BCUT2D eigenvalue weighted by atomic mass is 10.0. The van der Waals surface area contributed by atoms with Gasteiger partial charge in [0.1, 0.15) is 6.54 Å². The zero-order valence-electron chi connectivity index (χ0n) is 16.3. The molecule has 4 rings (SSSR count). The van der Waals surface area contributed by atoms with Crippen molar-refractivity contribution in [2.45, 2.75) is 13.0 Å². The van der Waals surface area contributed by atoms with Crippen molar-refractivity contribution >= 4 is 29.2 Å². The molecule has 0 fully saturated rings. The molecule has 0 aliphatic rings. The Hall–Kier alpha value is -3.28. The Morgan fingerprint density at radius 2 is 1.55 bits per heavy atom. The SMILES string of the molecule is O=C(O)CCn1c(-c2ccccc2)c(-c2ccccc2)[n+]([O-])c1-c1ccc(Cl)cc1Cl. The molecule has 0 amide bonds. The Kier molecular flexibility index (Phi) is 5.98. The molecule has 1 N–H and O–H groups in total. The quantitative estimate of drug-likeness (QED) is 0.292. The first-order valence-corrected chi connectivity index (χ1v) is 10.4. The van der Waals surface area contributed by atoms with Gasteiger partial charge < -0.3 is 10.3 Å². The number of aromatic nitrogens is 2. The third-order valence-electron chi connectivity index (χ3n) is 4.96. The average molecular weight is 453 g/mol. The molecule has 0 aliphatic carbocycles. The minimum atomic E-state index is -0.959. The molecule has 0 saturated heterocycles. The van der Waals surface area contributed by atoms with Crippen LogP contribution in [-0.4, -0.2) is 15.6 Å². The van der Waals surface area contributed by atoms with Crippen molar-refractivity contribution in [3.05, 3.63) is 94.1 Å². The van der Waals surface area contributed by atoms with Crippen LogP contribution in [0.1, 0.15) is 6.42 Å². The number of imidazole rings is 1. The maximum Gasteiger partial charge on any atom is 0.307 e. The Morgan fingerprint density at radius 1 is 0.935 bits per heavy atom. The first-order valence-electron chi connectivity index (χ1n) is 9.61. The number of carboxylic acid groups (broad SMARTS) is 1. The predicted octanol–water partition coefficient (Wildman–Crippen LogP) is 5.90. The van der Waals surface area contributed by atoms with Crippen LogP contribution >= 0.6 is 23.2 Å². The minimum Gasteiger partial charge on any atom is -0.710 e. The van der Waals surface area contributed by atoms with Crippen LogP contribution in [0.2, 0.25) is 10.0 Å². The number of benzene rings is 3. The molecule has 7 heteroatoms. The van der Waals surface area contributed by atoms with E-state index in [0.29, 0.717) is 27.0 Å². The van der Waals surface area contributed by atoms with Gasteiger partial charge in [-0.3, -0.25) is 4.79 Å². The fraction of sp³-hybridized carbons (Fsp3) is 0.0833. The fourth-order valence-electron chi connectivity index (χ4n) is 3.63. The summed E-state index contributed by atoms with van der Waals surface area (Å²) in [5.41, 5.74) is 3.05. The molecule has 5 nitrogen and oxygen atoms in total. The van der Waals surface area contributed by atoms with Crippen molar-refractivity contribution in [1.29, 1.82) is 0 Å². The lowest BCUT2D eigenvalue weighted by molar-refractivity contribution is -0.581. The summed E-state index contributed by atoms with van der Waals surface area (Å²) in [4.78, 5) is 11.4. The molecule has 0 radical (unpaired) electrons. The summed E-state index contributed by atoms with van der Waals surface area (Å²) in [5, 5.41) is 23.8. The highest BCUT2D eigenvalue weighted by Gasteiger charge is 2.32. The minimum absolute atomic E-state index is 0.100. The van der Waals surface area contributed by atoms with Gasteiger partial charge in [0.25, 0.3) is 5.82 Å². The van der Waals surface area contributed by atoms with E-state index in [-0.39, 0.29) is 18.8 Å². The van der Waals surface area contributed by atoms with Crippen LogP contribution in [-0.2, 0) is 11.3 Å². The van der Waals surface area contributed by atoms with Gasteiger partial charge in [0.05, 0.1) is 17.0 Å². The van der Waals surface area contributed by atoms with Gasteiger partial charge in [0.15, 0.2) is 11.4 Å². The summed E-state index contributed by atoms with van der Waals surface area (Å²) >= 11 is 12.5. The van der Waals surface area contributed by atoms with Crippen molar-refractivity contribution in [1.82, 2.24) is 4.57 Å². The normalized spacial score (nSPS) is 10.9. The highest BCUT2D eigenvalue weighted by Crippen LogP contribution is 2.37. The van der Waals surface area contributed by atoms with Crippen LogP contribution < -0.4 is 4.73 Å². The van der Waals surface area contributed by atoms with Crippen LogP contribution in [0.15, 0.2) is 78.9 Å². The molecule has 31 heavy (non-hydrogen) atoms. The molecule has 0 unspecified atom stereocenters. The number of nitrogens with zero attached hydrogens (tertiary/aromatic N) is 2. The number of halogens is 2. The van der Waals surface area contributed by atoms with E-state index in [1.807, 2.05) is 60.7 Å². The predicted molar refractivity (Wildman–Crippen MR) is 122 cm³/mol. The molecule has 0 atom stereocenters. The van der Waals surface area contributed by atoms with Crippen molar-refractivity contribution in [3.8, 4) is 33.9 Å². The van der Waals surface area contributed by atoms with E-state index in [9.17, 15) is 15.1 Å². The van der Waals surface area contributed by atoms with E-state index in [4.69, 9.17) is 23.2 Å². The molecule has 4 aromatic rings. The second kappa shape index (κ2) is 8.84. The third-order valence-corrected chi connectivity index (χ3v) is 5.51. The average Bonchev–Trinajstić information content (AvgIpc) is 3.05. The Balaban J connectivity index is 2.09. The van der Waals surface area contributed by atoms with Gasteiger partial charge in [-0.15, -0.1) is 0 Å². The standard InChI is InChI=1S/C24H18Cl2N2O3/c25-18-11-12-19(20(26)15-18)24-27(14-13-21(29)30)22(16-7-3-1-4-8-16)23(28(24)31)17-9-5-2-6-10-17/h1-12,15H,13-14H2,(H,29,30). The van der Waals surface area contributed by atoms with E-state index in [2.05, 4.69) is 0 Å². The largest absolute Gasteiger partial charge is 0.710 e. The van der Waals surface area contributed by atoms with Gasteiger partial charge >= 0.3 is 5.97 Å². The Bertz CT molecular complexity index is 1240. The van der Waals surface area contributed by atoms with Gasteiger partial charge in [-0.25, -0.2) is 9.30 Å². The van der Waals surface area contributed by atoms with Crippen LogP contribution in [0.25, 0.3) is 33.9 Å². The monoisotopic (exact) mass is 452 g/mol. The first kappa shape index (κ1) is 21.0. The number of hydrogen-bond acceptors (Lipinski definition) is 2. The molecule has 156 valence electrons. The van der Waals surface area contributed by atoms with Crippen molar-refractivity contribution in [3.63, 3.8) is 0 Å². The zero-order chi connectivity index (χ0) is 22.0. The molecule has 0 bridgehead atoms. The van der Waals surface area contributed by atoms with Crippen molar-refractivity contribution in [2.75, 3.05) is 0 Å². The highest BCUT2D eigenvalue weighted by atomic mass is 35.5. The van der Waals surface area contributed by atoms with E-state index in [1.165, 1.54) is 0 Å². The zero-order valence-corrected chi connectivity index (χ0v) is 17.8. The van der Waals surface area contributed by atoms with Gasteiger partial charge in [-0.1, -0.05) is 83.9 Å². The maximum absolute atomic E-state index is 13.7. The van der Waals surface area contributed by atoms with E-state index < -0.39 is 5.97 Å². The molecule has 1 aromatic heterocycles. The van der Waals surface area contributed by atoms with Crippen LogP contribution in [0.3, 0.4) is 0 Å². The summed E-state index contributed by atoms with van der Waals surface area (Å²) in [6, 6.07) is 23.6. The summed E-state index contributed by atoms with van der Waals surface area (Å²) < 4.78 is 2.56. The summed E-state index contributed by atoms with van der Waals surface area (Å²) in [7, 11) is 0. The van der Waals surface area contributed by atoms with Gasteiger partial charge in [-0.2, -0.15) is 0 Å².